The number of cyclic esters (lactones) is 1. The van der Waals surface area contributed by atoms with E-state index in [0.717, 1.165) is 23.3 Å². The fraction of sp³-hybridized carbons (Fsp3) is 0.533. The second-order valence-electron chi connectivity index (χ2n) is 5.51. The van der Waals surface area contributed by atoms with Crippen LogP contribution in [0, 0.1) is 5.92 Å². The van der Waals surface area contributed by atoms with Crippen molar-refractivity contribution in [2.45, 2.75) is 26.5 Å². The summed E-state index contributed by atoms with van der Waals surface area (Å²) in [6.45, 7) is 7.04. The number of nitrogens with one attached hydrogen (secondary N) is 2. The van der Waals surface area contributed by atoms with Crippen molar-refractivity contribution in [3.63, 3.8) is 0 Å². The van der Waals surface area contributed by atoms with Crippen molar-refractivity contribution in [1.82, 2.24) is 10.6 Å². The van der Waals surface area contributed by atoms with E-state index in [1.807, 2.05) is 18.2 Å². The van der Waals surface area contributed by atoms with Crippen LogP contribution in [-0.4, -0.2) is 31.9 Å². The maximum atomic E-state index is 10.9. The van der Waals surface area contributed by atoms with E-state index in [2.05, 4.69) is 40.4 Å². The molecule has 1 aromatic rings. The first-order valence-electron chi connectivity index (χ1n) is 7.11. The highest BCUT2D eigenvalue weighted by Crippen LogP contribution is 2.26. The number of halogens is 1. The van der Waals surface area contributed by atoms with E-state index in [0.29, 0.717) is 19.1 Å². The molecule has 0 bridgehead atoms. The molecule has 1 heterocycles. The molecule has 116 valence electrons. The molecular weight excluding hydrogens is 336 g/mol. The standard InChI is InChI=1S/C15H21BrN2O3/c1-10(2)6-17-7-11-3-4-14(13(16)5-11)20-9-12-8-18-15(19)21-12/h3-5,10,12,17H,6-9H2,1-2H3,(H,18,19). The maximum absolute atomic E-state index is 10.9. The molecular formula is C15H21BrN2O3. The normalized spacial score (nSPS) is 17.7. The third-order valence-electron chi connectivity index (χ3n) is 3.05. The highest BCUT2D eigenvalue weighted by Gasteiger charge is 2.23. The predicted molar refractivity (Wildman–Crippen MR) is 84.5 cm³/mol. The first-order valence-corrected chi connectivity index (χ1v) is 7.90. The molecule has 0 radical (unpaired) electrons. The van der Waals surface area contributed by atoms with Gasteiger partial charge in [-0.25, -0.2) is 4.79 Å². The van der Waals surface area contributed by atoms with Crippen LogP contribution >= 0.6 is 15.9 Å². The minimum absolute atomic E-state index is 0.225. The Balaban J connectivity index is 1.82. The van der Waals surface area contributed by atoms with Gasteiger partial charge < -0.3 is 20.1 Å². The first-order chi connectivity index (χ1) is 10.0. The Labute approximate surface area is 133 Å². The Hall–Kier alpha value is -1.27. The minimum Gasteiger partial charge on any atom is -0.488 e. The number of benzene rings is 1. The van der Waals surface area contributed by atoms with Crippen LogP contribution in [0.25, 0.3) is 0 Å². The molecule has 1 aliphatic rings. The van der Waals surface area contributed by atoms with Gasteiger partial charge in [-0.05, 0) is 46.1 Å². The summed E-state index contributed by atoms with van der Waals surface area (Å²) in [4.78, 5) is 10.9. The average Bonchev–Trinajstić information content (AvgIpc) is 2.83. The summed E-state index contributed by atoms with van der Waals surface area (Å²) in [5.41, 5.74) is 1.20. The van der Waals surface area contributed by atoms with Gasteiger partial charge in [0.1, 0.15) is 12.4 Å². The molecule has 21 heavy (non-hydrogen) atoms. The van der Waals surface area contributed by atoms with E-state index in [4.69, 9.17) is 9.47 Å². The maximum Gasteiger partial charge on any atom is 0.407 e. The number of alkyl carbamates (subject to hydrolysis) is 1. The van der Waals surface area contributed by atoms with Gasteiger partial charge in [-0.2, -0.15) is 0 Å². The van der Waals surface area contributed by atoms with Crippen LogP contribution in [0.3, 0.4) is 0 Å². The van der Waals surface area contributed by atoms with Crippen molar-refractivity contribution in [3.8, 4) is 5.75 Å². The minimum atomic E-state index is -0.380. The molecule has 0 saturated carbocycles. The van der Waals surface area contributed by atoms with Crippen LogP contribution < -0.4 is 15.4 Å². The van der Waals surface area contributed by atoms with E-state index in [1.165, 1.54) is 5.56 Å². The van der Waals surface area contributed by atoms with Crippen LogP contribution in [0.2, 0.25) is 0 Å². The molecule has 1 saturated heterocycles. The molecule has 2 rings (SSSR count). The fourth-order valence-corrected chi connectivity index (χ4v) is 2.52. The second kappa shape index (κ2) is 7.66. The van der Waals surface area contributed by atoms with E-state index in [9.17, 15) is 4.79 Å². The Bertz CT molecular complexity index is 494. The van der Waals surface area contributed by atoms with Crippen molar-refractivity contribution < 1.29 is 14.3 Å². The molecule has 5 nitrogen and oxygen atoms in total. The summed E-state index contributed by atoms with van der Waals surface area (Å²) in [7, 11) is 0. The molecule has 2 N–H and O–H groups in total. The van der Waals surface area contributed by atoms with E-state index in [-0.39, 0.29) is 12.2 Å². The Kier molecular flexibility index (Phi) is 5.87. The Morgan fingerprint density at radius 1 is 1.52 bits per heavy atom. The number of hydrogen-bond acceptors (Lipinski definition) is 4. The van der Waals surface area contributed by atoms with Gasteiger partial charge in [-0.15, -0.1) is 0 Å². The van der Waals surface area contributed by atoms with Gasteiger partial charge in [0.05, 0.1) is 11.0 Å². The average molecular weight is 357 g/mol. The SMILES string of the molecule is CC(C)CNCc1ccc(OCC2CNC(=O)O2)c(Br)c1. The van der Waals surface area contributed by atoms with E-state index < -0.39 is 0 Å². The fourth-order valence-electron chi connectivity index (χ4n) is 1.98. The zero-order valence-electron chi connectivity index (χ0n) is 12.3. The van der Waals surface area contributed by atoms with E-state index >= 15 is 0 Å². The lowest BCUT2D eigenvalue weighted by molar-refractivity contribution is 0.104. The molecule has 0 aliphatic carbocycles. The molecule has 0 spiro atoms. The van der Waals surface area contributed by atoms with Crippen molar-refractivity contribution >= 4 is 22.0 Å². The molecule has 0 aromatic heterocycles. The third-order valence-corrected chi connectivity index (χ3v) is 3.67. The van der Waals surface area contributed by atoms with Crippen molar-refractivity contribution in [2.75, 3.05) is 19.7 Å². The summed E-state index contributed by atoms with van der Waals surface area (Å²) >= 11 is 3.51. The third kappa shape index (κ3) is 5.21. The van der Waals surface area contributed by atoms with Gasteiger partial charge in [0, 0.05) is 6.54 Å². The van der Waals surface area contributed by atoms with Gasteiger partial charge in [-0.3, -0.25) is 0 Å². The number of carbonyl (C=O) groups is 1. The topological polar surface area (TPSA) is 59.6 Å². The Morgan fingerprint density at radius 3 is 2.95 bits per heavy atom. The number of ether oxygens (including phenoxy) is 2. The Morgan fingerprint density at radius 2 is 2.33 bits per heavy atom. The lowest BCUT2D eigenvalue weighted by atomic mass is 10.2. The largest absolute Gasteiger partial charge is 0.488 e. The van der Waals surface area contributed by atoms with Crippen LogP contribution in [0.15, 0.2) is 22.7 Å². The van der Waals surface area contributed by atoms with Crippen LogP contribution in [0.5, 0.6) is 5.75 Å². The first kappa shape index (κ1) is 16.1. The summed E-state index contributed by atoms with van der Waals surface area (Å²) in [6, 6.07) is 6.01. The number of rotatable bonds is 7. The molecule has 1 atom stereocenters. The molecule has 1 aliphatic heterocycles. The van der Waals surface area contributed by atoms with Gasteiger partial charge in [-0.1, -0.05) is 19.9 Å². The summed E-state index contributed by atoms with van der Waals surface area (Å²) in [6.07, 6.45) is -0.606. The zero-order valence-corrected chi connectivity index (χ0v) is 13.9. The molecule has 1 unspecified atom stereocenters. The van der Waals surface area contributed by atoms with Crippen molar-refractivity contribution in [3.05, 3.63) is 28.2 Å². The van der Waals surface area contributed by atoms with Crippen LogP contribution in [-0.2, 0) is 11.3 Å². The molecule has 6 heteroatoms. The zero-order chi connectivity index (χ0) is 15.2. The molecule has 1 fully saturated rings. The molecule has 1 aromatic carbocycles. The van der Waals surface area contributed by atoms with Crippen molar-refractivity contribution in [1.29, 1.82) is 0 Å². The van der Waals surface area contributed by atoms with Crippen LogP contribution in [0.1, 0.15) is 19.4 Å². The van der Waals surface area contributed by atoms with E-state index in [1.54, 1.807) is 0 Å². The summed E-state index contributed by atoms with van der Waals surface area (Å²) < 4.78 is 11.6. The van der Waals surface area contributed by atoms with Gasteiger partial charge in [0.15, 0.2) is 6.10 Å². The lowest BCUT2D eigenvalue weighted by Crippen LogP contribution is -2.22. The highest BCUT2D eigenvalue weighted by atomic mass is 79.9. The molecule has 1 amide bonds. The quantitative estimate of drug-likeness (QED) is 0.788. The predicted octanol–water partition coefficient (Wildman–Crippen LogP) is 2.68. The number of amides is 1. The number of hydrogen-bond donors (Lipinski definition) is 2. The van der Waals surface area contributed by atoms with Gasteiger partial charge in [0.25, 0.3) is 0 Å². The summed E-state index contributed by atoms with van der Waals surface area (Å²) in [5.74, 6) is 1.39. The monoisotopic (exact) mass is 356 g/mol. The highest BCUT2D eigenvalue weighted by molar-refractivity contribution is 9.10. The number of carbonyl (C=O) groups excluding carboxylic acids is 1. The van der Waals surface area contributed by atoms with Gasteiger partial charge >= 0.3 is 6.09 Å². The van der Waals surface area contributed by atoms with Crippen molar-refractivity contribution in [2.24, 2.45) is 5.92 Å². The summed E-state index contributed by atoms with van der Waals surface area (Å²) in [5, 5.41) is 6.00. The van der Waals surface area contributed by atoms with Gasteiger partial charge in [0.2, 0.25) is 0 Å². The lowest BCUT2D eigenvalue weighted by Gasteiger charge is -2.13. The second-order valence-corrected chi connectivity index (χ2v) is 6.36. The van der Waals surface area contributed by atoms with Crippen LogP contribution in [0.4, 0.5) is 4.79 Å². The smallest absolute Gasteiger partial charge is 0.407 e.